The van der Waals surface area contributed by atoms with Crippen LogP contribution in [0.2, 0.25) is 0 Å². The maximum absolute atomic E-state index is 12.4. The second-order valence-corrected chi connectivity index (χ2v) is 6.76. The molecule has 0 radical (unpaired) electrons. The van der Waals surface area contributed by atoms with E-state index in [-0.39, 0.29) is 12.1 Å². The molecule has 0 bridgehead atoms. The molecule has 2 rings (SSSR count). The average Bonchev–Trinajstić information content (AvgIpc) is 2.75. The number of rotatable bonds is 3. The summed E-state index contributed by atoms with van der Waals surface area (Å²) in [6.45, 7) is 8.51. The second kappa shape index (κ2) is 5.96. The van der Waals surface area contributed by atoms with Gasteiger partial charge in [-0.2, -0.15) is 0 Å². The van der Waals surface area contributed by atoms with E-state index in [9.17, 15) is 4.79 Å². The number of anilines is 1. The van der Waals surface area contributed by atoms with Crippen molar-refractivity contribution in [2.45, 2.75) is 58.6 Å². The molecule has 0 spiro atoms. The largest absolute Gasteiger partial charge is 0.444 e. The number of benzene rings is 1. The average molecular weight is 290 g/mol. The van der Waals surface area contributed by atoms with Crippen LogP contribution in [-0.2, 0) is 17.6 Å². The van der Waals surface area contributed by atoms with E-state index in [0.29, 0.717) is 0 Å². The van der Waals surface area contributed by atoms with Gasteiger partial charge in [0.15, 0.2) is 0 Å². The van der Waals surface area contributed by atoms with E-state index in [4.69, 9.17) is 10.5 Å². The van der Waals surface area contributed by atoms with Gasteiger partial charge in [0.1, 0.15) is 5.60 Å². The minimum atomic E-state index is -0.459. The number of hydrogen-bond acceptors (Lipinski definition) is 3. The number of fused-ring (bicyclic) bond motifs is 1. The van der Waals surface area contributed by atoms with Crippen LogP contribution in [0.3, 0.4) is 0 Å². The van der Waals surface area contributed by atoms with Crippen molar-refractivity contribution in [1.82, 2.24) is 4.90 Å². The third kappa shape index (κ3) is 3.90. The van der Waals surface area contributed by atoms with E-state index in [1.165, 1.54) is 11.1 Å². The molecule has 21 heavy (non-hydrogen) atoms. The highest BCUT2D eigenvalue weighted by atomic mass is 16.6. The maximum Gasteiger partial charge on any atom is 0.410 e. The lowest BCUT2D eigenvalue weighted by Gasteiger charge is -2.31. The van der Waals surface area contributed by atoms with Gasteiger partial charge in [-0.25, -0.2) is 4.79 Å². The van der Waals surface area contributed by atoms with E-state index in [0.717, 1.165) is 31.5 Å². The molecule has 1 aliphatic rings. The lowest BCUT2D eigenvalue weighted by Crippen LogP contribution is -2.44. The van der Waals surface area contributed by atoms with E-state index in [1.54, 1.807) is 0 Å². The first-order valence-corrected chi connectivity index (χ1v) is 7.67. The first kappa shape index (κ1) is 15.7. The van der Waals surface area contributed by atoms with Crippen LogP contribution in [-0.4, -0.2) is 29.2 Å². The molecule has 2 N–H and O–H groups in total. The Balaban J connectivity index is 2.12. The summed E-state index contributed by atoms with van der Waals surface area (Å²) in [5.74, 6) is 0. The summed E-state index contributed by atoms with van der Waals surface area (Å²) in [4.78, 5) is 14.3. The van der Waals surface area contributed by atoms with Crippen LogP contribution in [0.5, 0.6) is 0 Å². The molecular weight excluding hydrogens is 264 g/mol. The Labute approximate surface area is 127 Å². The van der Waals surface area contributed by atoms with Gasteiger partial charge >= 0.3 is 6.09 Å². The Hall–Kier alpha value is -1.71. The first-order chi connectivity index (χ1) is 9.80. The van der Waals surface area contributed by atoms with Gasteiger partial charge in [-0.05, 0) is 63.3 Å². The smallest absolute Gasteiger partial charge is 0.410 e. The van der Waals surface area contributed by atoms with Crippen LogP contribution in [0.1, 0.15) is 45.2 Å². The molecule has 1 aromatic carbocycles. The van der Waals surface area contributed by atoms with E-state index >= 15 is 0 Å². The number of carbonyl (C=O) groups is 1. The predicted octanol–water partition coefficient (Wildman–Crippen LogP) is 3.38. The minimum absolute atomic E-state index is 0.177. The molecule has 0 fully saturated rings. The fraction of sp³-hybridized carbons (Fsp3) is 0.588. The molecule has 0 aromatic heterocycles. The summed E-state index contributed by atoms with van der Waals surface area (Å²) in [5.41, 5.74) is 8.72. The quantitative estimate of drug-likeness (QED) is 0.868. The van der Waals surface area contributed by atoms with Crippen LogP contribution >= 0.6 is 0 Å². The molecule has 0 aliphatic heterocycles. The normalized spacial score (nSPS) is 17.4. The first-order valence-electron chi connectivity index (χ1n) is 7.67. The highest BCUT2D eigenvalue weighted by Gasteiger charge is 2.32. The molecule has 0 saturated heterocycles. The standard InChI is InChI=1S/C17H26N2O2/c1-5-8-19(16(20)21-17(2,3)4)15-10-12-6-7-14(18)9-13(12)11-15/h6-7,9,15H,5,8,10-11,18H2,1-4H3. The number of carbonyl (C=O) groups excluding carboxylic acids is 1. The van der Waals surface area contributed by atoms with E-state index < -0.39 is 5.60 Å². The zero-order valence-corrected chi connectivity index (χ0v) is 13.5. The molecule has 0 heterocycles. The molecule has 1 atom stereocenters. The molecule has 1 aliphatic carbocycles. The topological polar surface area (TPSA) is 55.6 Å². The van der Waals surface area contributed by atoms with E-state index in [1.807, 2.05) is 37.8 Å². The highest BCUT2D eigenvalue weighted by Crippen LogP contribution is 2.28. The minimum Gasteiger partial charge on any atom is -0.444 e. The van der Waals surface area contributed by atoms with Crippen molar-refractivity contribution in [1.29, 1.82) is 0 Å². The van der Waals surface area contributed by atoms with Crippen molar-refractivity contribution in [2.75, 3.05) is 12.3 Å². The Morgan fingerprint density at radius 1 is 1.33 bits per heavy atom. The Bertz CT molecular complexity index is 520. The maximum atomic E-state index is 12.4. The SMILES string of the molecule is CCCN(C(=O)OC(C)(C)C)C1Cc2ccc(N)cc2C1. The van der Waals surface area contributed by atoms with Crippen molar-refractivity contribution in [3.63, 3.8) is 0 Å². The molecule has 1 amide bonds. The Kier molecular flexibility index (Phi) is 4.45. The van der Waals surface area contributed by atoms with Crippen molar-refractivity contribution >= 4 is 11.8 Å². The molecule has 1 unspecified atom stereocenters. The lowest BCUT2D eigenvalue weighted by molar-refractivity contribution is 0.0169. The summed E-state index contributed by atoms with van der Waals surface area (Å²) in [7, 11) is 0. The van der Waals surface area contributed by atoms with E-state index in [2.05, 4.69) is 13.0 Å². The van der Waals surface area contributed by atoms with Crippen LogP contribution in [0, 0.1) is 0 Å². The summed E-state index contributed by atoms with van der Waals surface area (Å²) in [6, 6.07) is 6.20. The number of ether oxygens (including phenoxy) is 1. The number of nitrogens with two attached hydrogens (primary N) is 1. The second-order valence-electron chi connectivity index (χ2n) is 6.76. The van der Waals surface area contributed by atoms with Crippen LogP contribution in [0.15, 0.2) is 18.2 Å². The predicted molar refractivity (Wildman–Crippen MR) is 85.3 cm³/mol. The van der Waals surface area contributed by atoms with Gasteiger partial charge in [-0.1, -0.05) is 13.0 Å². The van der Waals surface area contributed by atoms with Gasteiger partial charge < -0.3 is 15.4 Å². The number of nitrogen functional groups attached to an aromatic ring is 1. The number of amides is 1. The van der Waals surface area contributed by atoms with Gasteiger partial charge in [-0.3, -0.25) is 0 Å². The highest BCUT2D eigenvalue weighted by molar-refractivity contribution is 5.69. The Morgan fingerprint density at radius 2 is 2.00 bits per heavy atom. The lowest BCUT2D eigenvalue weighted by atomic mass is 10.1. The third-order valence-corrected chi connectivity index (χ3v) is 3.67. The van der Waals surface area contributed by atoms with Crippen LogP contribution in [0.25, 0.3) is 0 Å². The summed E-state index contributed by atoms with van der Waals surface area (Å²) in [6.07, 6.45) is 2.46. The monoisotopic (exact) mass is 290 g/mol. The van der Waals surface area contributed by atoms with Crippen molar-refractivity contribution in [3.8, 4) is 0 Å². The van der Waals surface area contributed by atoms with Crippen molar-refractivity contribution < 1.29 is 9.53 Å². The summed E-state index contributed by atoms with van der Waals surface area (Å²) in [5, 5.41) is 0. The summed E-state index contributed by atoms with van der Waals surface area (Å²) < 4.78 is 5.55. The van der Waals surface area contributed by atoms with Crippen LogP contribution < -0.4 is 5.73 Å². The zero-order chi connectivity index (χ0) is 15.6. The van der Waals surface area contributed by atoms with Gasteiger partial charge in [0, 0.05) is 18.3 Å². The van der Waals surface area contributed by atoms with Gasteiger partial charge in [0.25, 0.3) is 0 Å². The molecule has 4 heteroatoms. The fourth-order valence-corrected chi connectivity index (χ4v) is 2.82. The summed E-state index contributed by atoms with van der Waals surface area (Å²) >= 11 is 0. The number of hydrogen-bond donors (Lipinski definition) is 1. The fourth-order valence-electron chi connectivity index (χ4n) is 2.82. The molecule has 1 aromatic rings. The molecule has 4 nitrogen and oxygen atoms in total. The van der Waals surface area contributed by atoms with Crippen LogP contribution in [0.4, 0.5) is 10.5 Å². The molecule has 116 valence electrons. The zero-order valence-electron chi connectivity index (χ0n) is 13.5. The molecule has 0 saturated carbocycles. The van der Waals surface area contributed by atoms with Gasteiger partial charge in [0.2, 0.25) is 0 Å². The van der Waals surface area contributed by atoms with Crippen molar-refractivity contribution in [3.05, 3.63) is 29.3 Å². The third-order valence-electron chi connectivity index (χ3n) is 3.67. The van der Waals surface area contributed by atoms with Gasteiger partial charge in [0.05, 0.1) is 0 Å². The van der Waals surface area contributed by atoms with Gasteiger partial charge in [-0.15, -0.1) is 0 Å². The Morgan fingerprint density at radius 3 is 2.62 bits per heavy atom. The van der Waals surface area contributed by atoms with Crippen molar-refractivity contribution in [2.24, 2.45) is 0 Å². The number of nitrogens with zero attached hydrogens (tertiary/aromatic N) is 1. The molecular formula is C17H26N2O2.